The van der Waals surface area contributed by atoms with Crippen molar-refractivity contribution in [3.8, 4) is 0 Å². The zero-order chi connectivity index (χ0) is 12.8. The number of carbonyl (C=O) groups is 1. The lowest BCUT2D eigenvalue weighted by Crippen LogP contribution is -2.12. The summed E-state index contributed by atoms with van der Waals surface area (Å²) < 4.78 is 2.66. The molecule has 0 spiro atoms. The highest BCUT2D eigenvalue weighted by molar-refractivity contribution is 9.10. The van der Waals surface area contributed by atoms with E-state index in [9.17, 15) is 4.79 Å². The van der Waals surface area contributed by atoms with Crippen LogP contribution in [-0.4, -0.2) is 20.7 Å². The fraction of sp³-hybridized carbons (Fsp3) is 0.250. The number of benzene rings is 1. The predicted molar refractivity (Wildman–Crippen MR) is 72.0 cm³/mol. The summed E-state index contributed by atoms with van der Waals surface area (Å²) >= 11 is 3.36. The second-order valence-electron chi connectivity index (χ2n) is 3.82. The fourth-order valence-electron chi connectivity index (χ4n) is 1.54. The number of rotatable bonds is 5. The van der Waals surface area contributed by atoms with Crippen molar-refractivity contribution in [3.63, 3.8) is 0 Å². The molecule has 0 unspecified atom stereocenters. The average Bonchev–Trinajstić information content (AvgIpc) is 2.82. The molecule has 0 atom stereocenters. The third-order valence-corrected chi connectivity index (χ3v) is 2.86. The molecule has 18 heavy (non-hydrogen) atoms. The van der Waals surface area contributed by atoms with Crippen LogP contribution in [0, 0.1) is 0 Å². The van der Waals surface area contributed by atoms with E-state index in [4.69, 9.17) is 0 Å². The Bertz CT molecular complexity index is 513. The number of halogens is 1. The topological polar surface area (TPSA) is 59.8 Å². The maximum absolute atomic E-state index is 11.7. The van der Waals surface area contributed by atoms with Gasteiger partial charge in [-0.2, -0.15) is 5.10 Å². The lowest BCUT2D eigenvalue weighted by molar-refractivity contribution is -0.116. The first-order chi connectivity index (χ1) is 8.74. The van der Waals surface area contributed by atoms with Crippen molar-refractivity contribution in [2.75, 3.05) is 5.32 Å². The van der Waals surface area contributed by atoms with E-state index < -0.39 is 0 Å². The Labute approximate surface area is 113 Å². The van der Waals surface area contributed by atoms with Gasteiger partial charge in [-0.15, -0.1) is 0 Å². The number of hydrogen-bond donors (Lipinski definition) is 1. The van der Waals surface area contributed by atoms with Gasteiger partial charge in [-0.05, 0) is 24.6 Å². The summed E-state index contributed by atoms with van der Waals surface area (Å²) in [4.78, 5) is 15.5. The molecule has 5 nitrogen and oxygen atoms in total. The highest BCUT2D eigenvalue weighted by atomic mass is 79.9. The summed E-state index contributed by atoms with van der Waals surface area (Å²) in [6.07, 6.45) is 4.34. The van der Waals surface area contributed by atoms with E-state index in [0.29, 0.717) is 13.0 Å². The fourth-order valence-corrected chi connectivity index (χ4v) is 1.94. The number of carbonyl (C=O) groups excluding carboxylic acids is 1. The summed E-state index contributed by atoms with van der Waals surface area (Å²) in [5, 5.41) is 6.82. The summed E-state index contributed by atoms with van der Waals surface area (Å²) in [5.41, 5.74) is 0.801. The molecule has 0 aliphatic carbocycles. The Kier molecular flexibility index (Phi) is 4.46. The van der Waals surface area contributed by atoms with Crippen molar-refractivity contribution in [2.45, 2.75) is 19.4 Å². The number of nitrogens with zero attached hydrogens (tertiary/aromatic N) is 3. The van der Waals surface area contributed by atoms with Crippen LogP contribution in [0.5, 0.6) is 0 Å². The molecule has 0 aliphatic rings. The molecule has 0 saturated heterocycles. The van der Waals surface area contributed by atoms with Crippen molar-refractivity contribution < 1.29 is 4.79 Å². The normalized spacial score (nSPS) is 10.3. The van der Waals surface area contributed by atoms with Crippen LogP contribution in [0.1, 0.15) is 12.8 Å². The Hall–Kier alpha value is -1.69. The second kappa shape index (κ2) is 6.30. The Morgan fingerprint density at radius 2 is 2.33 bits per heavy atom. The van der Waals surface area contributed by atoms with Crippen LogP contribution in [0.25, 0.3) is 0 Å². The lowest BCUT2D eigenvalue weighted by atomic mass is 10.2. The molecular weight excluding hydrogens is 296 g/mol. The quantitative estimate of drug-likeness (QED) is 0.923. The number of aromatic nitrogens is 3. The average molecular weight is 309 g/mol. The number of aryl methyl sites for hydroxylation is 1. The Balaban J connectivity index is 1.75. The minimum absolute atomic E-state index is 0.00761. The molecule has 94 valence electrons. The number of hydrogen-bond acceptors (Lipinski definition) is 3. The van der Waals surface area contributed by atoms with E-state index in [2.05, 4.69) is 31.3 Å². The summed E-state index contributed by atoms with van der Waals surface area (Å²) in [7, 11) is 0. The van der Waals surface area contributed by atoms with Gasteiger partial charge in [0.2, 0.25) is 5.91 Å². The largest absolute Gasteiger partial charge is 0.326 e. The molecular formula is C12H13BrN4O. The molecule has 0 fully saturated rings. The molecule has 6 heteroatoms. The molecule has 1 aromatic carbocycles. The van der Waals surface area contributed by atoms with Crippen molar-refractivity contribution in [2.24, 2.45) is 0 Å². The van der Waals surface area contributed by atoms with Gasteiger partial charge in [-0.25, -0.2) is 4.98 Å². The SMILES string of the molecule is O=C(CCCn1cncn1)Nc1cccc(Br)c1. The number of amides is 1. The van der Waals surface area contributed by atoms with Gasteiger partial charge in [0.15, 0.2) is 0 Å². The van der Waals surface area contributed by atoms with Gasteiger partial charge < -0.3 is 5.32 Å². The third-order valence-electron chi connectivity index (χ3n) is 2.37. The molecule has 2 rings (SSSR count). The van der Waals surface area contributed by atoms with E-state index >= 15 is 0 Å². The van der Waals surface area contributed by atoms with Gasteiger partial charge in [0.25, 0.3) is 0 Å². The lowest BCUT2D eigenvalue weighted by Gasteiger charge is -2.05. The zero-order valence-electron chi connectivity index (χ0n) is 9.71. The van der Waals surface area contributed by atoms with Crippen LogP contribution in [0.3, 0.4) is 0 Å². The first-order valence-electron chi connectivity index (χ1n) is 5.62. The highest BCUT2D eigenvalue weighted by Crippen LogP contribution is 2.15. The van der Waals surface area contributed by atoms with E-state index in [1.54, 1.807) is 11.0 Å². The molecule has 1 amide bonds. The van der Waals surface area contributed by atoms with Crippen molar-refractivity contribution in [1.29, 1.82) is 0 Å². The van der Waals surface area contributed by atoms with Crippen molar-refractivity contribution in [1.82, 2.24) is 14.8 Å². The molecule has 0 saturated carbocycles. The molecule has 1 heterocycles. The minimum atomic E-state index is 0.00761. The van der Waals surface area contributed by atoms with Crippen LogP contribution >= 0.6 is 15.9 Å². The van der Waals surface area contributed by atoms with Gasteiger partial charge >= 0.3 is 0 Å². The van der Waals surface area contributed by atoms with E-state index in [1.807, 2.05) is 24.3 Å². The third kappa shape index (κ3) is 3.96. The van der Waals surface area contributed by atoms with Crippen LogP contribution in [0.2, 0.25) is 0 Å². The Morgan fingerprint density at radius 3 is 3.06 bits per heavy atom. The summed E-state index contributed by atoms with van der Waals surface area (Å²) in [6, 6.07) is 7.53. The molecule has 1 N–H and O–H groups in total. The van der Waals surface area contributed by atoms with Crippen LogP contribution in [0.15, 0.2) is 41.4 Å². The maximum Gasteiger partial charge on any atom is 0.224 e. The molecule has 2 aromatic rings. The van der Waals surface area contributed by atoms with Gasteiger partial charge in [0, 0.05) is 23.1 Å². The van der Waals surface area contributed by atoms with Gasteiger partial charge in [0.05, 0.1) is 0 Å². The predicted octanol–water partition coefficient (Wildman–Crippen LogP) is 2.46. The van der Waals surface area contributed by atoms with Gasteiger partial charge in [-0.1, -0.05) is 22.0 Å². The standard InChI is InChI=1S/C12H13BrN4O/c13-10-3-1-4-11(7-10)16-12(18)5-2-6-17-9-14-8-15-17/h1,3-4,7-9H,2,5-6H2,(H,16,18). The van der Waals surface area contributed by atoms with Crippen molar-refractivity contribution >= 4 is 27.5 Å². The Morgan fingerprint density at radius 1 is 1.44 bits per heavy atom. The number of nitrogens with one attached hydrogen (secondary N) is 1. The van der Waals surface area contributed by atoms with E-state index in [-0.39, 0.29) is 5.91 Å². The molecule has 0 bridgehead atoms. The van der Waals surface area contributed by atoms with E-state index in [0.717, 1.165) is 16.6 Å². The van der Waals surface area contributed by atoms with Gasteiger partial charge in [0.1, 0.15) is 12.7 Å². The number of anilines is 1. The van der Waals surface area contributed by atoms with Crippen molar-refractivity contribution in [3.05, 3.63) is 41.4 Å². The zero-order valence-corrected chi connectivity index (χ0v) is 11.3. The van der Waals surface area contributed by atoms with Crippen LogP contribution < -0.4 is 5.32 Å². The summed E-state index contributed by atoms with van der Waals surface area (Å²) in [6.45, 7) is 0.700. The van der Waals surface area contributed by atoms with Crippen LogP contribution in [0.4, 0.5) is 5.69 Å². The van der Waals surface area contributed by atoms with Gasteiger partial charge in [-0.3, -0.25) is 9.48 Å². The van der Waals surface area contributed by atoms with Crippen LogP contribution in [-0.2, 0) is 11.3 Å². The summed E-state index contributed by atoms with van der Waals surface area (Å²) in [5.74, 6) is 0.00761. The highest BCUT2D eigenvalue weighted by Gasteiger charge is 2.03. The smallest absolute Gasteiger partial charge is 0.224 e. The van der Waals surface area contributed by atoms with E-state index in [1.165, 1.54) is 6.33 Å². The molecule has 0 radical (unpaired) electrons. The first-order valence-corrected chi connectivity index (χ1v) is 6.41. The second-order valence-corrected chi connectivity index (χ2v) is 4.74. The molecule has 1 aromatic heterocycles. The monoisotopic (exact) mass is 308 g/mol. The maximum atomic E-state index is 11.7. The first kappa shape index (κ1) is 12.8. The molecule has 0 aliphatic heterocycles. The minimum Gasteiger partial charge on any atom is -0.326 e.